The predicted molar refractivity (Wildman–Crippen MR) is 96.0 cm³/mol. The maximum Gasteiger partial charge on any atom is 0.343 e. The van der Waals surface area contributed by atoms with E-state index in [0.29, 0.717) is 33.8 Å². The normalized spacial score (nSPS) is 10.6. The van der Waals surface area contributed by atoms with Crippen LogP contribution in [0, 0.1) is 13.8 Å². The molecule has 0 amide bonds. The molecule has 0 fully saturated rings. The molecule has 0 unspecified atom stereocenters. The number of ether oxygens (including phenoxy) is 3. The summed E-state index contributed by atoms with van der Waals surface area (Å²) < 4.78 is 21.4. The number of esters is 1. The second kappa shape index (κ2) is 7.31. The van der Waals surface area contributed by atoms with Gasteiger partial charge in [0, 0.05) is 6.07 Å². The lowest BCUT2D eigenvalue weighted by Gasteiger charge is -2.11. The highest BCUT2D eigenvalue weighted by Crippen LogP contribution is 2.29. The zero-order valence-corrected chi connectivity index (χ0v) is 14.7. The molecular formula is C20H18O6. The average Bonchev–Trinajstić information content (AvgIpc) is 2.63. The number of aryl methyl sites for hydroxylation is 2. The maximum absolute atomic E-state index is 12.9. The average molecular weight is 354 g/mol. The van der Waals surface area contributed by atoms with Gasteiger partial charge in [-0.05, 0) is 37.6 Å². The summed E-state index contributed by atoms with van der Waals surface area (Å²) in [5, 5.41) is 0.409. The molecule has 0 spiro atoms. The standard InChI is InChI=1S/C20H18O6/c1-12-9-15(24-11-17(21)23-3)10-16-18(12)19(22)20(13(2)25-16)26-14-7-5-4-6-8-14/h4-10H,11H2,1-3H3. The fourth-order valence-corrected chi connectivity index (χ4v) is 2.59. The van der Waals surface area contributed by atoms with Crippen LogP contribution in [0.4, 0.5) is 0 Å². The first-order valence-electron chi connectivity index (χ1n) is 8.00. The molecule has 0 N–H and O–H groups in total. The summed E-state index contributed by atoms with van der Waals surface area (Å²) in [6.45, 7) is 3.21. The molecule has 0 saturated carbocycles. The van der Waals surface area contributed by atoms with Crippen molar-refractivity contribution in [2.75, 3.05) is 13.7 Å². The minimum absolute atomic E-state index is 0.148. The lowest BCUT2D eigenvalue weighted by Crippen LogP contribution is -2.13. The second-order valence-electron chi connectivity index (χ2n) is 5.71. The molecule has 0 radical (unpaired) electrons. The van der Waals surface area contributed by atoms with Crippen LogP contribution in [0.25, 0.3) is 11.0 Å². The van der Waals surface area contributed by atoms with Crippen molar-refractivity contribution in [2.45, 2.75) is 13.8 Å². The van der Waals surface area contributed by atoms with Crippen LogP contribution < -0.4 is 14.9 Å². The number of hydrogen-bond acceptors (Lipinski definition) is 6. The number of carbonyl (C=O) groups is 1. The van der Waals surface area contributed by atoms with Crippen LogP contribution in [0.2, 0.25) is 0 Å². The molecule has 3 aromatic rings. The number of fused-ring (bicyclic) bond motifs is 1. The number of para-hydroxylation sites is 1. The minimum Gasteiger partial charge on any atom is -0.482 e. The number of rotatable bonds is 5. The summed E-state index contributed by atoms with van der Waals surface area (Å²) in [6, 6.07) is 12.3. The van der Waals surface area contributed by atoms with Crippen LogP contribution in [-0.4, -0.2) is 19.7 Å². The molecule has 0 bridgehead atoms. The summed E-state index contributed by atoms with van der Waals surface area (Å²) >= 11 is 0. The van der Waals surface area contributed by atoms with Gasteiger partial charge in [0.2, 0.25) is 11.2 Å². The summed E-state index contributed by atoms with van der Waals surface area (Å²) in [4.78, 5) is 24.1. The van der Waals surface area contributed by atoms with E-state index in [1.807, 2.05) is 18.2 Å². The van der Waals surface area contributed by atoms with Crippen molar-refractivity contribution in [3.05, 3.63) is 64.0 Å². The van der Waals surface area contributed by atoms with Crippen LogP contribution in [0.3, 0.4) is 0 Å². The van der Waals surface area contributed by atoms with Gasteiger partial charge in [-0.2, -0.15) is 0 Å². The lowest BCUT2D eigenvalue weighted by atomic mass is 10.1. The number of hydrogen-bond donors (Lipinski definition) is 0. The Balaban J connectivity index is 2.02. The lowest BCUT2D eigenvalue weighted by molar-refractivity contribution is -0.142. The predicted octanol–water partition coefficient (Wildman–Crippen LogP) is 3.75. The largest absolute Gasteiger partial charge is 0.482 e. The van der Waals surface area contributed by atoms with Gasteiger partial charge < -0.3 is 18.6 Å². The molecule has 134 valence electrons. The van der Waals surface area contributed by atoms with Gasteiger partial charge in [0.05, 0.1) is 12.5 Å². The van der Waals surface area contributed by atoms with Crippen LogP contribution in [0.1, 0.15) is 11.3 Å². The fourth-order valence-electron chi connectivity index (χ4n) is 2.59. The van der Waals surface area contributed by atoms with E-state index in [1.165, 1.54) is 7.11 Å². The third-order valence-electron chi connectivity index (χ3n) is 3.84. The van der Waals surface area contributed by atoms with Crippen LogP contribution >= 0.6 is 0 Å². The SMILES string of the molecule is COC(=O)COc1cc(C)c2c(=O)c(Oc3ccccc3)c(C)oc2c1. The Morgan fingerprint density at radius 2 is 1.81 bits per heavy atom. The van der Waals surface area contributed by atoms with Gasteiger partial charge in [0.15, 0.2) is 6.61 Å². The summed E-state index contributed by atoms with van der Waals surface area (Å²) in [6.07, 6.45) is 0. The van der Waals surface area contributed by atoms with E-state index in [9.17, 15) is 9.59 Å². The highest BCUT2D eigenvalue weighted by atomic mass is 16.6. The third kappa shape index (κ3) is 3.54. The van der Waals surface area contributed by atoms with Gasteiger partial charge in [0.25, 0.3) is 0 Å². The van der Waals surface area contributed by atoms with Gasteiger partial charge in [-0.25, -0.2) is 4.79 Å². The maximum atomic E-state index is 12.9. The molecule has 6 heteroatoms. The van der Waals surface area contributed by atoms with Gasteiger partial charge in [0.1, 0.15) is 22.8 Å². The Morgan fingerprint density at radius 1 is 1.08 bits per heavy atom. The molecule has 1 heterocycles. The monoisotopic (exact) mass is 354 g/mol. The Morgan fingerprint density at radius 3 is 2.50 bits per heavy atom. The zero-order valence-electron chi connectivity index (χ0n) is 14.7. The molecule has 3 rings (SSSR count). The van der Waals surface area contributed by atoms with Crippen molar-refractivity contribution in [3.8, 4) is 17.2 Å². The van der Waals surface area contributed by atoms with Gasteiger partial charge in [-0.1, -0.05) is 18.2 Å². The quantitative estimate of drug-likeness (QED) is 0.650. The first-order chi connectivity index (χ1) is 12.5. The summed E-state index contributed by atoms with van der Waals surface area (Å²) in [7, 11) is 1.29. The van der Waals surface area contributed by atoms with E-state index in [2.05, 4.69) is 4.74 Å². The number of carbonyl (C=O) groups excluding carboxylic acids is 1. The summed E-state index contributed by atoms with van der Waals surface area (Å²) in [5.41, 5.74) is 0.770. The molecule has 0 saturated heterocycles. The van der Waals surface area contributed by atoms with E-state index in [1.54, 1.807) is 38.1 Å². The highest BCUT2D eigenvalue weighted by molar-refractivity contribution is 5.83. The van der Waals surface area contributed by atoms with E-state index in [-0.39, 0.29) is 17.8 Å². The first-order valence-corrected chi connectivity index (χ1v) is 8.00. The molecule has 0 aliphatic heterocycles. The van der Waals surface area contributed by atoms with Crippen LogP contribution in [0.5, 0.6) is 17.2 Å². The molecule has 0 atom stereocenters. The molecule has 26 heavy (non-hydrogen) atoms. The van der Waals surface area contributed by atoms with E-state index < -0.39 is 5.97 Å². The highest BCUT2D eigenvalue weighted by Gasteiger charge is 2.17. The Bertz CT molecular complexity index is 1000. The van der Waals surface area contributed by atoms with Gasteiger partial charge in [-0.15, -0.1) is 0 Å². The van der Waals surface area contributed by atoms with Crippen molar-refractivity contribution in [1.82, 2.24) is 0 Å². The van der Waals surface area contributed by atoms with Crippen molar-refractivity contribution in [3.63, 3.8) is 0 Å². The van der Waals surface area contributed by atoms with Crippen LogP contribution in [0.15, 0.2) is 51.7 Å². The molecule has 0 aliphatic rings. The van der Waals surface area contributed by atoms with Crippen molar-refractivity contribution in [2.24, 2.45) is 0 Å². The molecule has 2 aromatic carbocycles. The first kappa shape index (κ1) is 17.5. The summed E-state index contributed by atoms with van der Waals surface area (Å²) in [5.74, 6) is 0.982. The van der Waals surface area contributed by atoms with E-state index >= 15 is 0 Å². The Kier molecular flexibility index (Phi) is 4.93. The van der Waals surface area contributed by atoms with E-state index in [0.717, 1.165) is 0 Å². The van der Waals surface area contributed by atoms with E-state index in [4.69, 9.17) is 13.9 Å². The van der Waals surface area contributed by atoms with Crippen molar-refractivity contribution >= 4 is 16.9 Å². The smallest absolute Gasteiger partial charge is 0.343 e. The number of benzene rings is 2. The molecule has 0 aliphatic carbocycles. The topological polar surface area (TPSA) is 75.0 Å². The van der Waals surface area contributed by atoms with Crippen molar-refractivity contribution in [1.29, 1.82) is 0 Å². The minimum atomic E-state index is -0.494. The third-order valence-corrected chi connectivity index (χ3v) is 3.84. The zero-order chi connectivity index (χ0) is 18.7. The molecule has 1 aromatic heterocycles. The Hall–Kier alpha value is -3.28. The van der Waals surface area contributed by atoms with Crippen LogP contribution in [-0.2, 0) is 9.53 Å². The fraction of sp³-hybridized carbons (Fsp3) is 0.200. The second-order valence-corrected chi connectivity index (χ2v) is 5.71. The van der Waals surface area contributed by atoms with Crippen molar-refractivity contribution < 1.29 is 23.4 Å². The molecular weight excluding hydrogens is 336 g/mol. The van der Waals surface area contributed by atoms with Gasteiger partial charge >= 0.3 is 5.97 Å². The van der Waals surface area contributed by atoms with Gasteiger partial charge in [-0.3, -0.25) is 4.79 Å². The Labute approximate surface area is 149 Å². The molecule has 6 nitrogen and oxygen atoms in total. The number of methoxy groups -OCH3 is 1.